The van der Waals surface area contributed by atoms with Gasteiger partial charge in [0.1, 0.15) is 22.4 Å². The minimum absolute atomic E-state index is 0.0340. The monoisotopic (exact) mass is 341 g/mol. The van der Waals surface area contributed by atoms with Gasteiger partial charge < -0.3 is 9.84 Å². The lowest BCUT2D eigenvalue weighted by Gasteiger charge is -2.10. The number of ether oxygens (including phenoxy) is 1. The van der Waals surface area contributed by atoms with Gasteiger partial charge in [0, 0.05) is 5.56 Å². The van der Waals surface area contributed by atoms with Gasteiger partial charge in [-0.2, -0.15) is 10.2 Å². The highest BCUT2D eigenvalue weighted by molar-refractivity contribution is 7.98. The first-order chi connectivity index (χ1) is 10.0. The number of thioether (sulfide) groups is 1. The molecule has 0 saturated carbocycles. The number of benzene rings is 1. The first kappa shape index (κ1) is 15.7. The summed E-state index contributed by atoms with van der Waals surface area (Å²) in [6.07, 6.45) is 1.76. The lowest BCUT2D eigenvalue weighted by Crippen LogP contribution is -1.97. The lowest BCUT2D eigenvalue weighted by atomic mass is 10.1. The first-order valence-electron chi connectivity index (χ1n) is 5.60. The van der Waals surface area contributed by atoms with Gasteiger partial charge in [-0.05, 0) is 18.4 Å². The Balaban J connectivity index is 2.75. The van der Waals surface area contributed by atoms with Crippen molar-refractivity contribution in [2.24, 2.45) is 0 Å². The molecule has 21 heavy (non-hydrogen) atoms. The van der Waals surface area contributed by atoms with E-state index in [1.54, 1.807) is 18.4 Å². The Labute approximate surface area is 135 Å². The van der Waals surface area contributed by atoms with Crippen LogP contribution in [0.25, 0.3) is 11.3 Å². The zero-order valence-corrected chi connectivity index (χ0v) is 13.3. The van der Waals surface area contributed by atoms with Crippen LogP contribution in [0.2, 0.25) is 10.0 Å². The summed E-state index contributed by atoms with van der Waals surface area (Å²) in [6, 6.07) is 5.04. The quantitative estimate of drug-likeness (QED) is 0.676. The maximum absolute atomic E-state index is 9.84. The van der Waals surface area contributed by atoms with E-state index in [-0.39, 0.29) is 27.2 Å². The van der Waals surface area contributed by atoms with E-state index >= 15 is 0 Å². The van der Waals surface area contributed by atoms with E-state index in [0.29, 0.717) is 16.5 Å². The van der Waals surface area contributed by atoms with Crippen LogP contribution in [0.3, 0.4) is 0 Å². The molecule has 0 fully saturated rings. The number of nitriles is 1. The average Bonchev–Trinajstić information content (AvgIpc) is 2.48. The van der Waals surface area contributed by atoms with E-state index in [1.807, 2.05) is 6.07 Å². The van der Waals surface area contributed by atoms with Crippen molar-refractivity contribution in [3.05, 3.63) is 27.7 Å². The molecule has 0 amide bonds. The minimum atomic E-state index is -0.378. The number of halogens is 2. The second-order valence-corrected chi connectivity index (χ2v) is 5.40. The fraction of sp³-hybridized carbons (Fsp3) is 0.154. The molecule has 0 aliphatic rings. The summed E-state index contributed by atoms with van der Waals surface area (Å²) in [5.74, 6) is -0.0243. The van der Waals surface area contributed by atoms with Gasteiger partial charge >= 0.3 is 0 Å². The second-order valence-electron chi connectivity index (χ2n) is 3.84. The number of hydrogen-bond donors (Lipinski definition) is 1. The van der Waals surface area contributed by atoms with Crippen LogP contribution in [-0.4, -0.2) is 28.4 Å². The molecule has 1 N–H and O–H groups in total. The van der Waals surface area contributed by atoms with Gasteiger partial charge in [-0.15, -0.1) is 0 Å². The summed E-state index contributed by atoms with van der Waals surface area (Å²) in [7, 11) is 1.46. The van der Waals surface area contributed by atoms with E-state index in [2.05, 4.69) is 9.97 Å². The average molecular weight is 342 g/mol. The van der Waals surface area contributed by atoms with Gasteiger partial charge in [-0.1, -0.05) is 35.0 Å². The van der Waals surface area contributed by atoms with Crippen LogP contribution >= 0.6 is 35.0 Å². The van der Waals surface area contributed by atoms with E-state index < -0.39 is 0 Å². The van der Waals surface area contributed by atoms with E-state index in [1.165, 1.54) is 18.9 Å². The largest absolute Gasteiger partial charge is 0.495 e. The molecule has 0 saturated heterocycles. The summed E-state index contributed by atoms with van der Waals surface area (Å²) in [5.41, 5.74) is 0.741. The summed E-state index contributed by atoms with van der Waals surface area (Å²) in [5, 5.41) is 19.9. The normalized spacial score (nSPS) is 10.2. The van der Waals surface area contributed by atoms with Crippen LogP contribution in [0.5, 0.6) is 11.6 Å². The molecule has 2 rings (SSSR count). The number of aromatic nitrogens is 2. The summed E-state index contributed by atoms with van der Waals surface area (Å²) >= 11 is 13.3. The smallest absolute Gasteiger partial charge is 0.233 e. The molecule has 0 spiro atoms. The van der Waals surface area contributed by atoms with Gasteiger partial charge in [0.05, 0.1) is 17.8 Å². The molecule has 8 heteroatoms. The van der Waals surface area contributed by atoms with Crippen molar-refractivity contribution in [2.45, 2.75) is 5.16 Å². The molecular formula is C13H9Cl2N3O2S. The van der Waals surface area contributed by atoms with Crippen LogP contribution in [0.1, 0.15) is 5.56 Å². The van der Waals surface area contributed by atoms with Crippen molar-refractivity contribution in [2.75, 3.05) is 13.4 Å². The zero-order chi connectivity index (χ0) is 15.6. The highest BCUT2D eigenvalue weighted by Crippen LogP contribution is 2.38. The molecule has 1 heterocycles. The van der Waals surface area contributed by atoms with Crippen molar-refractivity contribution >= 4 is 35.0 Å². The predicted octanol–water partition coefficient (Wildman–Crippen LogP) is 3.76. The topological polar surface area (TPSA) is 79.0 Å². The lowest BCUT2D eigenvalue weighted by molar-refractivity contribution is 0.415. The molecule has 0 aliphatic carbocycles. The maximum Gasteiger partial charge on any atom is 0.233 e. The van der Waals surface area contributed by atoms with E-state index in [0.717, 1.165) is 0 Å². The van der Waals surface area contributed by atoms with Gasteiger partial charge in [0.15, 0.2) is 5.16 Å². The molecule has 1 aromatic heterocycles. The third-order valence-electron chi connectivity index (χ3n) is 2.65. The molecule has 5 nitrogen and oxygen atoms in total. The molecule has 0 unspecified atom stereocenters. The third-order valence-corrected chi connectivity index (χ3v) is 3.98. The Bertz CT molecular complexity index is 747. The summed E-state index contributed by atoms with van der Waals surface area (Å²) < 4.78 is 5.14. The van der Waals surface area contributed by atoms with Crippen LogP contribution in [0.4, 0.5) is 0 Å². The maximum atomic E-state index is 9.84. The molecule has 1 aromatic carbocycles. The van der Waals surface area contributed by atoms with E-state index in [4.69, 9.17) is 27.9 Å². The van der Waals surface area contributed by atoms with Gasteiger partial charge in [-0.3, -0.25) is 0 Å². The Kier molecular flexibility index (Phi) is 4.78. The fourth-order valence-electron chi connectivity index (χ4n) is 1.68. The molecule has 0 atom stereocenters. The van der Waals surface area contributed by atoms with Crippen LogP contribution < -0.4 is 4.74 Å². The molecule has 2 aromatic rings. The SMILES string of the molecule is COc1cc(-c2nc(SC)nc(O)c2C#N)cc(Cl)c1Cl. The van der Waals surface area contributed by atoms with E-state index in [9.17, 15) is 10.4 Å². The summed E-state index contributed by atoms with van der Waals surface area (Å²) in [6.45, 7) is 0. The van der Waals surface area contributed by atoms with Gasteiger partial charge in [0.25, 0.3) is 0 Å². The summed E-state index contributed by atoms with van der Waals surface area (Å²) in [4.78, 5) is 8.08. The molecule has 0 radical (unpaired) electrons. The minimum Gasteiger partial charge on any atom is -0.495 e. The Morgan fingerprint density at radius 2 is 2.05 bits per heavy atom. The Morgan fingerprint density at radius 1 is 1.33 bits per heavy atom. The predicted molar refractivity (Wildman–Crippen MR) is 82.2 cm³/mol. The van der Waals surface area contributed by atoms with Crippen molar-refractivity contribution in [1.29, 1.82) is 5.26 Å². The molecular weight excluding hydrogens is 333 g/mol. The number of methoxy groups -OCH3 is 1. The van der Waals surface area contributed by atoms with Gasteiger partial charge in [0.2, 0.25) is 5.88 Å². The number of rotatable bonds is 3. The Hall–Kier alpha value is -1.68. The molecule has 0 aliphatic heterocycles. The zero-order valence-electron chi connectivity index (χ0n) is 11.0. The van der Waals surface area contributed by atoms with Crippen molar-refractivity contribution in [3.63, 3.8) is 0 Å². The number of hydrogen-bond acceptors (Lipinski definition) is 6. The third kappa shape index (κ3) is 3.00. The van der Waals surface area contributed by atoms with Crippen LogP contribution in [0, 0.1) is 11.3 Å². The molecule has 108 valence electrons. The van der Waals surface area contributed by atoms with Crippen LogP contribution in [0.15, 0.2) is 17.3 Å². The highest BCUT2D eigenvalue weighted by atomic mass is 35.5. The number of nitrogens with zero attached hydrogens (tertiary/aromatic N) is 3. The van der Waals surface area contributed by atoms with Gasteiger partial charge in [-0.25, -0.2) is 4.98 Å². The Morgan fingerprint density at radius 3 is 2.62 bits per heavy atom. The highest BCUT2D eigenvalue weighted by Gasteiger charge is 2.18. The van der Waals surface area contributed by atoms with Crippen molar-refractivity contribution in [1.82, 2.24) is 9.97 Å². The standard InChI is InChI=1S/C13H9Cl2N3O2S/c1-20-9-4-6(3-8(14)10(9)15)11-7(5-16)12(19)18-13(17-11)21-2/h3-4H,1-2H3,(H,17,18,19). The van der Waals surface area contributed by atoms with Crippen molar-refractivity contribution < 1.29 is 9.84 Å². The molecule has 0 bridgehead atoms. The first-order valence-corrected chi connectivity index (χ1v) is 7.58. The van der Waals surface area contributed by atoms with Crippen molar-refractivity contribution in [3.8, 4) is 29.0 Å². The second kappa shape index (κ2) is 6.39. The number of aromatic hydroxyl groups is 1. The fourth-order valence-corrected chi connectivity index (χ4v) is 2.44. The van der Waals surface area contributed by atoms with Crippen LogP contribution in [-0.2, 0) is 0 Å².